The molecule has 0 bridgehead atoms. The van der Waals surface area contributed by atoms with Crippen LogP contribution in [0.25, 0.3) is 0 Å². The fourth-order valence-corrected chi connectivity index (χ4v) is 2.91. The van der Waals surface area contributed by atoms with Crippen LogP contribution in [0.5, 0.6) is 11.5 Å². The van der Waals surface area contributed by atoms with Crippen LogP contribution >= 0.6 is 0 Å². The molecule has 28 heavy (non-hydrogen) atoms. The van der Waals surface area contributed by atoms with Gasteiger partial charge in [0.1, 0.15) is 0 Å². The van der Waals surface area contributed by atoms with Crippen LogP contribution in [0.15, 0.2) is 42.5 Å². The monoisotopic (exact) mass is 384 g/mol. The van der Waals surface area contributed by atoms with Crippen molar-refractivity contribution in [3.8, 4) is 11.5 Å². The molecule has 0 saturated heterocycles. The fraction of sp³-hybridized carbons (Fsp3) is 0.364. The van der Waals surface area contributed by atoms with E-state index in [0.717, 1.165) is 5.56 Å². The zero-order valence-corrected chi connectivity index (χ0v) is 17.0. The van der Waals surface area contributed by atoms with Gasteiger partial charge >= 0.3 is 0 Å². The Kier molecular flexibility index (Phi) is 8.02. The summed E-state index contributed by atoms with van der Waals surface area (Å²) in [5, 5.41) is 2.84. The summed E-state index contributed by atoms with van der Waals surface area (Å²) in [6.07, 6.45) is 0. The van der Waals surface area contributed by atoms with Gasteiger partial charge in [0.15, 0.2) is 17.3 Å². The van der Waals surface area contributed by atoms with Gasteiger partial charge in [-0.2, -0.15) is 0 Å². The standard InChI is InChI=1S/C22H28N2O4/c1-5-24(14-17-11-12-20(28-6-2)21(13-17)27-4)15-22(26)23-19-10-8-7-9-18(19)16(3)25/h7-13H,5-6,14-15H2,1-4H3,(H,23,26). The number of nitrogens with zero attached hydrogens (tertiary/aromatic N) is 1. The number of rotatable bonds is 10. The number of benzene rings is 2. The summed E-state index contributed by atoms with van der Waals surface area (Å²) in [5.41, 5.74) is 2.08. The van der Waals surface area contributed by atoms with E-state index in [1.165, 1.54) is 6.92 Å². The van der Waals surface area contributed by atoms with E-state index in [2.05, 4.69) is 5.32 Å². The molecular weight excluding hydrogens is 356 g/mol. The van der Waals surface area contributed by atoms with E-state index in [4.69, 9.17) is 9.47 Å². The van der Waals surface area contributed by atoms with E-state index in [9.17, 15) is 9.59 Å². The molecule has 0 atom stereocenters. The largest absolute Gasteiger partial charge is 0.493 e. The van der Waals surface area contributed by atoms with Crippen molar-refractivity contribution in [2.75, 3.05) is 32.1 Å². The minimum absolute atomic E-state index is 0.0790. The molecule has 6 heteroatoms. The summed E-state index contributed by atoms with van der Waals surface area (Å²) in [6, 6.07) is 12.8. The van der Waals surface area contributed by atoms with Crippen LogP contribution in [-0.4, -0.2) is 43.4 Å². The lowest BCUT2D eigenvalue weighted by atomic mass is 10.1. The van der Waals surface area contributed by atoms with E-state index in [1.54, 1.807) is 31.4 Å². The number of Topliss-reactive ketones (excluding diaryl/α,β-unsaturated/α-hetero) is 1. The van der Waals surface area contributed by atoms with Crippen molar-refractivity contribution in [2.24, 2.45) is 0 Å². The van der Waals surface area contributed by atoms with Crippen molar-refractivity contribution >= 4 is 17.4 Å². The lowest BCUT2D eigenvalue weighted by Crippen LogP contribution is -2.33. The number of hydrogen-bond donors (Lipinski definition) is 1. The Balaban J connectivity index is 2.04. The Morgan fingerprint density at radius 3 is 2.46 bits per heavy atom. The molecule has 0 saturated carbocycles. The number of carbonyl (C=O) groups is 2. The maximum atomic E-state index is 12.5. The van der Waals surface area contributed by atoms with Gasteiger partial charge < -0.3 is 14.8 Å². The van der Waals surface area contributed by atoms with Gasteiger partial charge in [0.25, 0.3) is 0 Å². The van der Waals surface area contributed by atoms with Crippen LogP contribution in [0, 0.1) is 0 Å². The maximum Gasteiger partial charge on any atom is 0.238 e. The quantitative estimate of drug-likeness (QED) is 0.632. The van der Waals surface area contributed by atoms with Gasteiger partial charge in [-0.15, -0.1) is 0 Å². The number of ether oxygens (including phenoxy) is 2. The number of methoxy groups -OCH3 is 1. The van der Waals surface area contributed by atoms with Gasteiger partial charge in [0, 0.05) is 12.1 Å². The van der Waals surface area contributed by atoms with Gasteiger partial charge in [-0.3, -0.25) is 14.5 Å². The predicted octanol–water partition coefficient (Wildman–Crippen LogP) is 3.76. The molecule has 2 aromatic carbocycles. The molecule has 6 nitrogen and oxygen atoms in total. The number of carbonyl (C=O) groups excluding carboxylic acids is 2. The van der Waals surface area contributed by atoms with Crippen LogP contribution < -0.4 is 14.8 Å². The molecule has 0 aliphatic carbocycles. The summed E-state index contributed by atoms with van der Waals surface area (Å²) in [4.78, 5) is 26.2. The third kappa shape index (κ3) is 5.82. The molecule has 2 aromatic rings. The molecule has 0 unspecified atom stereocenters. The Hall–Kier alpha value is -2.86. The molecule has 1 N–H and O–H groups in total. The maximum absolute atomic E-state index is 12.5. The molecule has 150 valence electrons. The molecule has 0 heterocycles. The third-order valence-electron chi connectivity index (χ3n) is 4.33. The molecule has 0 aromatic heterocycles. The summed E-state index contributed by atoms with van der Waals surface area (Å²) in [7, 11) is 1.61. The Bertz CT molecular complexity index is 820. The van der Waals surface area contributed by atoms with E-state index in [-0.39, 0.29) is 18.2 Å². The molecule has 0 spiro atoms. The average Bonchev–Trinajstić information content (AvgIpc) is 2.68. The molecule has 0 radical (unpaired) electrons. The molecule has 0 aliphatic heterocycles. The highest BCUT2D eigenvalue weighted by molar-refractivity contribution is 6.04. The van der Waals surface area contributed by atoms with E-state index in [1.807, 2.05) is 36.9 Å². The van der Waals surface area contributed by atoms with Crippen LogP contribution in [0.2, 0.25) is 0 Å². The highest BCUT2D eigenvalue weighted by Gasteiger charge is 2.14. The zero-order valence-electron chi connectivity index (χ0n) is 17.0. The van der Waals surface area contributed by atoms with Crippen molar-refractivity contribution in [1.29, 1.82) is 0 Å². The average molecular weight is 384 g/mol. The van der Waals surface area contributed by atoms with Gasteiger partial charge in [-0.05, 0) is 50.2 Å². The van der Waals surface area contributed by atoms with Crippen molar-refractivity contribution in [1.82, 2.24) is 4.90 Å². The SMILES string of the molecule is CCOc1ccc(CN(CC)CC(=O)Nc2ccccc2C(C)=O)cc1OC. The number of anilines is 1. The molecule has 2 rings (SSSR count). The van der Waals surface area contributed by atoms with E-state index < -0.39 is 0 Å². The number of nitrogens with one attached hydrogen (secondary N) is 1. The molecular formula is C22H28N2O4. The van der Waals surface area contributed by atoms with Gasteiger partial charge in [-0.25, -0.2) is 0 Å². The topological polar surface area (TPSA) is 67.9 Å². The van der Waals surface area contributed by atoms with Crippen LogP contribution in [0.1, 0.15) is 36.7 Å². The fourth-order valence-electron chi connectivity index (χ4n) is 2.91. The van der Waals surface area contributed by atoms with Crippen LogP contribution in [0.4, 0.5) is 5.69 Å². The van der Waals surface area contributed by atoms with Crippen LogP contribution in [-0.2, 0) is 11.3 Å². The van der Waals surface area contributed by atoms with Crippen LogP contribution in [0.3, 0.4) is 0 Å². The summed E-state index contributed by atoms with van der Waals surface area (Å²) >= 11 is 0. The third-order valence-corrected chi connectivity index (χ3v) is 4.33. The first kappa shape index (κ1) is 21.4. The van der Waals surface area contributed by atoms with Gasteiger partial charge in [0.05, 0.1) is 25.9 Å². The second-order valence-corrected chi connectivity index (χ2v) is 6.37. The van der Waals surface area contributed by atoms with E-state index >= 15 is 0 Å². The van der Waals surface area contributed by atoms with Crippen molar-refractivity contribution in [3.05, 3.63) is 53.6 Å². The van der Waals surface area contributed by atoms with Gasteiger partial charge in [0.2, 0.25) is 5.91 Å². The molecule has 0 fully saturated rings. The Labute approximate surface area is 166 Å². The highest BCUT2D eigenvalue weighted by atomic mass is 16.5. The first-order chi connectivity index (χ1) is 13.5. The lowest BCUT2D eigenvalue weighted by molar-refractivity contribution is -0.117. The van der Waals surface area contributed by atoms with Crippen molar-refractivity contribution < 1.29 is 19.1 Å². The van der Waals surface area contributed by atoms with Crippen molar-refractivity contribution in [3.63, 3.8) is 0 Å². The summed E-state index contributed by atoms with van der Waals surface area (Å²) < 4.78 is 10.9. The summed E-state index contributed by atoms with van der Waals surface area (Å²) in [6.45, 7) is 7.51. The second-order valence-electron chi connectivity index (χ2n) is 6.37. The minimum Gasteiger partial charge on any atom is -0.493 e. The predicted molar refractivity (Wildman–Crippen MR) is 110 cm³/mol. The van der Waals surface area contributed by atoms with Gasteiger partial charge in [-0.1, -0.05) is 25.1 Å². The first-order valence-electron chi connectivity index (χ1n) is 9.40. The number of likely N-dealkylation sites (N-methyl/N-ethyl adjacent to an activating group) is 1. The number of hydrogen-bond acceptors (Lipinski definition) is 5. The lowest BCUT2D eigenvalue weighted by Gasteiger charge is -2.21. The number of amides is 1. The Morgan fingerprint density at radius 2 is 1.82 bits per heavy atom. The minimum atomic E-state index is -0.159. The highest BCUT2D eigenvalue weighted by Crippen LogP contribution is 2.28. The Morgan fingerprint density at radius 1 is 1.07 bits per heavy atom. The molecule has 0 aliphatic rings. The molecule has 1 amide bonds. The van der Waals surface area contributed by atoms with Crippen molar-refractivity contribution in [2.45, 2.75) is 27.3 Å². The number of para-hydroxylation sites is 1. The zero-order chi connectivity index (χ0) is 20.5. The second kappa shape index (κ2) is 10.5. The first-order valence-corrected chi connectivity index (χ1v) is 9.40. The normalized spacial score (nSPS) is 10.6. The summed E-state index contributed by atoms with van der Waals surface area (Å²) in [5.74, 6) is 1.14. The smallest absolute Gasteiger partial charge is 0.238 e. The van der Waals surface area contributed by atoms with E-state index in [0.29, 0.717) is 42.4 Å². The number of ketones is 1.